The van der Waals surface area contributed by atoms with Crippen LogP contribution in [0.15, 0.2) is 36.4 Å². The van der Waals surface area contributed by atoms with Crippen molar-refractivity contribution in [2.24, 2.45) is 5.92 Å². The van der Waals surface area contributed by atoms with Crippen molar-refractivity contribution in [1.29, 1.82) is 0 Å². The van der Waals surface area contributed by atoms with Crippen molar-refractivity contribution in [2.45, 2.75) is 58.6 Å². The minimum Gasteiger partial charge on any atom is -0.493 e. The van der Waals surface area contributed by atoms with E-state index in [0.717, 1.165) is 42.4 Å². The third-order valence-electron chi connectivity index (χ3n) is 6.80. The molecule has 1 aliphatic rings. The molecule has 2 atom stereocenters. The first-order valence-corrected chi connectivity index (χ1v) is 12.9. The van der Waals surface area contributed by atoms with Gasteiger partial charge in [0.2, 0.25) is 0 Å². The Balaban J connectivity index is 2.25. The zero-order valence-corrected chi connectivity index (χ0v) is 22.4. The largest absolute Gasteiger partial charge is 0.493 e. The highest BCUT2D eigenvalue weighted by atomic mass is 16.5. The molecule has 2 rings (SSSR count). The molecule has 0 fully saturated rings. The highest BCUT2D eigenvalue weighted by Gasteiger charge is 2.27. The standard InChI is InChI=1S/C28H43N3O5/c1-7-19(8-2)15-22(29-5)18-31-27(32)21-16-24(23-11-13-35-25(23)17-21)26(20(9-3)10-4)36-14-12-30-28(33)34-6/h9-10,16-17,19,22,26,29H,3,7-8,11-15,18H2,1-2,4-6H3,(H,30,33)(H,31,32). The van der Waals surface area contributed by atoms with Gasteiger partial charge in [0.25, 0.3) is 5.91 Å². The molecule has 0 aliphatic carbocycles. The summed E-state index contributed by atoms with van der Waals surface area (Å²) >= 11 is 0. The van der Waals surface area contributed by atoms with Gasteiger partial charge in [0.05, 0.1) is 20.3 Å². The maximum atomic E-state index is 13.2. The minimum atomic E-state index is -0.512. The quantitative estimate of drug-likeness (QED) is 0.245. The molecule has 0 spiro atoms. The van der Waals surface area contributed by atoms with Crippen molar-refractivity contribution in [3.63, 3.8) is 0 Å². The smallest absolute Gasteiger partial charge is 0.406 e. The number of likely N-dealkylation sites (N-methyl/N-ethyl adjacent to an activating group) is 1. The van der Waals surface area contributed by atoms with Gasteiger partial charge in [-0.25, -0.2) is 4.79 Å². The second-order valence-electron chi connectivity index (χ2n) is 8.92. The number of fused-ring (bicyclic) bond motifs is 1. The lowest BCUT2D eigenvalue weighted by atomic mass is 9.92. The van der Waals surface area contributed by atoms with Crippen LogP contribution in [-0.4, -0.2) is 58.5 Å². The van der Waals surface area contributed by atoms with Gasteiger partial charge in [0.15, 0.2) is 0 Å². The third kappa shape index (κ3) is 8.10. The Hall–Kier alpha value is -2.84. The number of ether oxygens (including phenoxy) is 3. The lowest BCUT2D eigenvalue weighted by Gasteiger charge is -2.24. The summed E-state index contributed by atoms with van der Waals surface area (Å²) in [4.78, 5) is 24.6. The number of hydrogen-bond acceptors (Lipinski definition) is 6. The average Bonchev–Trinajstić information content (AvgIpc) is 3.39. The Bertz CT molecular complexity index is 911. The van der Waals surface area contributed by atoms with Crippen LogP contribution in [0.2, 0.25) is 0 Å². The van der Waals surface area contributed by atoms with E-state index in [1.807, 2.05) is 32.2 Å². The number of hydrogen-bond donors (Lipinski definition) is 3. The number of alkyl carbamates (subject to hydrolysis) is 1. The molecule has 0 radical (unpaired) electrons. The molecule has 36 heavy (non-hydrogen) atoms. The molecule has 8 heteroatoms. The second kappa shape index (κ2) is 15.3. The summed E-state index contributed by atoms with van der Waals surface area (Å²) in [7, 11) is 3.25. The van der Waals surface area contributed by atoms with Crippen LogP contribution in [0.5, 0.6) is 5.75 Å². The molecule has 0 saturated heterocycles. The third-order valence-corrected chi connectivity index (χ3v) is 6.80. The number of methoxy groups -OCH3 is 1. The molecule has 0 bridgehead atoms. The average molecular weight is 502 g/mol. The molecule has 0 aromatic heterocycles. The van der Waals surface area contributed by atoms with Gasteiger partial charge < -0.3 is 30.2 Å². The van der Waals surface area contributed by atoms with E-state index < -0.39 is 12.2 Å². The maximum Gasteiger partial charge on any atom is 0.406 e. The number of benzene rings is 1. The fourth-order valence-electron chi connectivity index (χ4n) is 4.48. The highest BCUT2D eigenvalue weighted by molar-refractivity contribution is 5.95. The van der Waals surface area contributed by atoms with Crippen LogP contribution in [0.25, 0.3) is 0 Å². The van der Waals surface area contributed by atoms with Crippen molar-refractivity contribution >= 4 is 12.0 Å². The van der Waals surface area contributed by atoms with Crippen molar-refractivity contribution < 1.29 is 23.8 Å². The second-order valence-corrected chi connectivity index (χ2v) is 8.92. The predicted molar refractivity (Wildman–Crippen MR) is 143 cm³/mol. The lowest BCUT2D eigenvalue weighted by molar-refractivity contribution is 0.0794. The molecule has 0 saturated carbocycles. The van der Waals surface area contributed by atoms with E-state index in [4.69, 9.17) is 9.47 Å². The van der Waals surface area contributed by atoms with E-state index in [-0.39, 0.29) is 25.1 Å². The van der Waals surface area contributed by atoms with Crippen molar-refractivity contribution in [2.75, 3.05) is 40.5 Å². The zero-order chi connectivity index (χ0) is 26.5. The van der Waals surface area contributed by atoms with Crippen LogP contribution >= 0.6 is 0 Å². The van der Waals surface area contributed by atoms with Crippen LogP contribution in [0.1, 0.15) is 67.6 Å². The first-order chi connectivity index (χ1) is 17.4. The van der Waals surface area contributed by atoms with Gasteiger partial charge >= 0.3 is 6.09 Å². The van der Waals surface area contributed by atoms with Crippen LogP contribution in [0.3, 0.4) is 0 Å². The first kappa shape index (κ1) is 29.4. The Kier molecular flexibility index (Phi) is 12.5. The highest BCUT2D eigenvalue weighted by Crippen LogP contribution is 2.38. The number of nitrogens with one attached hydrogen (secondary N) is 3. The molecule has 200 valence electrons. The monoisotopic (exact) mass is 501 g/mol. The normalized spacial score (nSPS) is 14.6. The maximum absolute atomic E-state index is 13.2. The SMILES string of the molecule is C=CC(=CC)C(OCCNC(=O)OC)c1cc(C(=O)NCC(CC(CC)CC)NC)cc2c1CCO2. The number of carbonyl (C=O) groups is 2. The predicted octanol–water partition coefficient (Wildman–Crippen LogP) is 4.31. The van der Waals surface area contributed by atoms with E-state index in [1.165, 1.54) is 7.11 Å². The summed E-state index contributed by atoms with van der Waals surface area (Å²) in [6.07, 6.45) is 6.73. The van der Waals surface area contributed by atoms with Gasteiger partial charge in [-0.1, -0.05) is 45.4 Å². The zero-order valence-electron chi connectivity index (χ0n) is 22.4. The lowest BCUT2D eigenvalue weighted by Crippen LogP contribution is -2.40. The summed E-state index contributed by atoms with van der Waals surface area (Å²) < 4.78 is 16.7. The van der Waals surface area contributed by atoms with Crippen molar-refractivity contribution in [3.8, 4) is 5.75 Å². The summed E-state index contributed by atoms with van der Waals surface area (Å²) in [5.41, 5.74) is 3.31. The Morgan fingerprint density at radius 1 is 1.22 bits per heavy atom. The van der Waals surface area contributed by atoms with E-state index in [9.17, 15) is 9.59 Å². The molecular weight excluding hydrogens is 458 g/mol. The number of carbonyl (C=O) groups excluding carboxylic acids is 2. The molecule has 2 amide bonds. The van der Waals surface area contributed by atoms with Gasteiger partial charge in [-0.3, -0.25) is 4.79 Å². The fraction of sp³-hybridized carbons (Fsp3) is 0.571. The van der Waals surface area contributed by atoms with E-state index in [2.05, 4.69) is 41.1 Å². The first-order valence-electron chi connectivity index (χ1n) is 12.9. The van der Waals surface area contributed by atoms with Gasteiger partial charge in [-0.2, -0.15) is 0 Å². The van der Waals surface area contributed by atoms with Crippen molar-refractivity contribution in [3.05, 3.63) is 53.1 Å². The minimum absolute atomic E-state index is 0.147. The summed E-state index contributed by atoms with van der Waals surface area (Å²) in [5, 5.41) is 9.05. The Labute approximate surface area is 215 Å². The number of allylic oxidation sites excluding steroid dienone is 1. The molecule has 1 aliphatic heterocycles. The fourth-order valence-corrected chi connectivity index (χ4v) is 4.48. The number of rotatable bonds is 15. The Morgan fingerprint density at radius 3 is 2.58 bits per heavy atom. The molecule has 1 heterocycles. The van der Waals surface area contributed by atoms with E-state index in [0.29, 0.717) is 30.4 Å². The topological polar surface area (TPSA) is 97.9 Å². The molecule has 1 aromatic rings. The molecule has 2 unspecified atom stereocenters. The molecule has 8 nitrogen and oxygen atoms in total. The van der Waals surface area contributed by atoms with Gasteiger partial charge in [-0.15, -0.1) is 0 Å². The summed E-state index contributed by atoms with van der Waals surface area (Å²) in [5.74, 6) is 1.19. The van der Waals surface area contributed by atoms with E-state index >= 15 is 0 Å². The number of amides is 2. The summed E-state index contributed by atoms with van der Waals surface area (Å²) in [6.45, 7) is 11.9. The van der Waals surface area contributed by atoms with Crippen LogP contribution in [0.4, 0.5) is 4.79 Å². The van der Waals surface area contributed by atoms with Crippen molar-refractivity contribution in [1.82, 2.24) is 16.0 Å². The molecule has 1 aromatic carbocycles. The van der Waals surface area contributed by atoms with Gasteiger partial charge in [-0.05, 0) is 49.6 Å². The Morgan fingerprint density at radius 2 is 1.97 bits per heavy atom. The van der Waals surface area contributed by atoms with Crippen LogP contribution < -0.4 is 20.7 Å². The summed E-state index contributed by atoms with van der Waals surface area (Å²) in [6, 6.07) is 3.91. The van der Waals surface area contributed by atoms with Crippen LogP contribution in [-0.2, 0) is 15.9 Å². The van der Waals surface area contributed by atoms with Gasteiger partial charge in [0, 0.05) is 36.7 Å². The molecular formula is C28H43N3O5. The van der Waals surface area contributed by atoms with Crippen LogP contribution in [0, 0.1) is 5.92 Å². The van der Waals surface area contributed by atoms with E-state index in [1.54, 1.807) is 6.08 Å². The molecule has 3 N–H and O–H groups in total. The van der Waals surface area contributed by atoms with Gasteiger partial charge in [0.1, 0.15) is 11.9 Å².